The molecule has 4 rings (SSSR count). The van der Waals surface area contributed by atoms with Crippen molar-refractivity contribution in [3.63, 3.8) is 0 Å². The Hall–Kier alpha value is -4.33. The molecule has 0 saturated heterocycles. The number of halogens is 1. The minimum Gasteiger partial charge on any atom is -0.344 e. The molecule has 0 aliphatic carbocycles. The highest BCUT2D eigenvalue weighted by Gasteiger charge is 2.22. The van der Waals surface area contributed by atoms with E-state index in [9.17, 15) is 18.8 Å². The van der Waals surface area contributed by atoms with Crippen molar-refractivity contribution in [2.45, 2.75) is 26.4 Å². The van der Waals surface area contributed by atoms with Gasteiger partial charge in [0, 0.05) is 6.07 Å². The maximum absolute atomic E-state index is 14.3. The Morgan fingerprint density at radius 3 is 2.29 bits per heavy atom. The lowest BCUT2D eigenvalue weighted by Gasteiger charge is -2.16. The molecular weight excluding hydrogens is 435 g/mol. The molecule has 0 fully saturated rings. The molecule has 172 valence electrons. The van der Waals surface area contributed by atoms with E-state index in [1.165, 1.54) is 12.1 Å². The van der Waals surface area contributed by atoms with Crippen molar-refractivity contribution in [2.75, 3.05) is 0 Å². The zero-order chi connectivity index (χ0) is 24.2. The highest BCUT2D eigenvalue weighted by Crippen LogP contribution is 2.13. The molecule has 8 heteroatoms. The van der Waals surface area contributed by atoms with Crippen LogP contribution in [0.4, 0.5) is 4.39 Å². The lowest BCUT2D eigenvalue weighted by Crippen LogP contribution is -2.46. The number of nitrogens with zero attached hydrogens (tertiary/aromatic N) is 3. The summed E-state index contributed by atoms with van der Waals surface area (Å²) < 4.78 is 16.1. The van der Waals surface area contributed by atoms with Gasteiger partial charge in [0.15, 0.2) is 0 Å². The number of carbonyl (C=O) groups is 1. The predicted molar refractivity (Wildman–Crippen MR) is 127 cm³/mol. The number of hydrogen-bond acceptors (Lipinski definition) is 4. The summed E-state index contributed by atoms with van der Waals surface area (Å²) >= 11 is 0. The van der Waals surface area contributed by atoms with Gasteiger partial charge in [-0.2, -0.15) is 9.78 Å². The normalized spacial score (nSPS) is 11.7. The maximum atomic E-state index is 14.3. The summed E-state index contributed by atoms with van der Waals surface area (Å²) in [6, 6.07) is 21.9. The van der Waals surface area contributed by atoms with E-state index >= 15 is 0 Å². The largest absolute Gasteiger partial charge is 0.352 e. The Balaban J connectivity index is 1.82. The summed E-state index contributed by atoms with van der Waals surface area (Å²) in [6.45, 7) is 3.31. The summed E-state index contributed by atoms with van der Waals surface area (Å²) in [5, 5.41) is 6.81. The van der Waals surface area contributed by atoms with Crippen LogP contribution in [0.1, 0.15) is 40.1 Å². The molecule has 3 aromatic carbocycles. The number of carbonyl (C=O) groups excluding carboxylic acids is 1. The molecule has 1 amide bonds. The summed E-state index contributed by atoms with van der Waals surface area (Å²) in [5.41, 5.74) is -0.0171. The van der Waals surface area contributed by atoms with Crippen LogP contribution in [0.25, 0.3) is 5.69 Å². The number of amides is 1. The van der Waals surface area contributed by atoms with Gasteiger partial charge >= 0.3 is 5.69 Å². The molecular formula is C26H23FN4O3. The molecule has 0 unspecified atom stereocenters. The highest BCUT2D eigenvalue weighted by atomic mass is 19.1. The molecule has 1 aromatic heterocycles. The van der Waals surface area contributed by atoms with E-state index in [0.29, 0.717) is 11.1 Å². The Morgan fingerprint density at radius 2 is 1.65 bits per heavy atom. The first kappa shape index (κ1) is 22.8. The van der Waals surface area contributed by atoms with Crippen molar-refractivity contribution in [2.24, 2.45) is 0 Å². The third kappa shape index (κ3) is 4.71. The van der Waals surface area contributed by atoms with Crippen molar-refractivity contribution >= 4 is 5.91 Å². The Morgan fingerprint density at radius 1 is 1.00 bits per heavy atom. The molecule has 0 spiro atoms. The summed E-state index contributed by atoms with van der Waals surface area (Å²) in [7, 11) is 0. The van der Waals surface area contributed by atoms with Crippen LogP contribution < -0.4 is 16.6 Å². The third-order valence-electron chi connectivity index (χ3n) is 5.51. The second kappa shape index (κ2) is 9.66. The van der Waals surface area contributed by atoms with Crippen LogP contribution in [0, 0.1) is 12.7 Å². The van der Waals surface area contributed by atoms with Crippen molar-refractivity contribution < 1.29 is 9.18 Å². The fraction of sp³-hybridized carbons (Fsp3) is 0.154. The molecule has 34 heavy (non-hydrogen) atoms. The average Bonchev–Trinajstić information content (AvgIpc) is 2.85. The highest BCUT2D eigenvalue weighted by molar-refractivity contribution is 5.92. The molecule has 1 N–H and O–H groups in total. The average molecular weight is 458 g/mol. The molecule has 0 radical (unpaired) electrons. The van der Waals surface area contributed by atoms with Crippen LogP contribution in [0.5, 0.6) is 0 Å². The van der Waals surface area contributed by atoms with Crippen molar-refractivity contribution in [3.8, 4) is 5.69 Å². The molecule has 0 aliphatic heterocycles. The SMILES string of the molecule is Cc1ccc(-n2nc(C(=O)N[C@@H](C)c3ccccc3)c(=O)n(Cc3ccccc3)c2=O)cc1F. The van der Waals surface area contributed by atoms with Crippen LogP contribution in [-0.4, -0.2) is 20.3 Å². The Labute approximate surface area is 195 Å². The summed E-state index contributed by atoms with van der Waals surface area (Å²) in [4.78, 5) is 39.5. The lowest BCUT2D eigenvalue weighted by atomic mass is 10.1. The molecule has 7 nitrogen and oxygen atoms in total. The maximum Gasteiger partial charge on any atom is 0.352 e. The summed E-state index contributed by atoms with van der Waals surface area (Å²) in [5.74, 6) is -1.26. The van der Waals surface area contributed by atoms with Crippen LogP contribution in [0.2, 0.25) is 0 Å². The standard InChI is InChI=1S/C26H23FN4O3/c1-17-13-14-21(15-22(17)27)31-26(34)30(16-19-9-5-3-6-10-19)25(33)23(29-31)24(32)28-18(2)20-11-7-4-8-12-20/h3-15,18H,16H2,1-2H3,(H,28,32)/t18-/m0/s1. The van der Waals surface area contributed by atoms with Gasteiger partial charge in [0.2, 0.25) is 5.69 Å². The fourth-order valence-electron chi connectivity index (χ4n) is 3.53. The van der Waals surface area contributed by atoms with Gasteiger partial charge in [0.25, 0.3) is 11.5 Å². The van der Waals surface area contributed by atoms with Crippen LogP contribution in [-0.2, 0) is 6.54 Å². The smallest absolute Gasteiger partial charge is 0.344 e. The second-order valence-electron chi connectivity index (χ2n) is 7.96. The van der Waals surface area contributed by atoms with E-state index in [1.54, 1.807) is 38.1 Å². The van der Waals surface area contributed by atoms with Crippen molar-refractivity contribution in [1.82, 2.24) is 19.7 Å². The number of hydrogen-bond donors (Lipinski definition) is 1. The van der Waals surface area contributed by atoms with E-state index in [1.807, 2.05) is 36.4 Å². The van der Waals surface area contributed by atoms with Crippen LogP contribution in [0.15, 0.2) is 88.5 Å². The fourth-order valence-corrected chi connectivity index (χ4v) is 3.53. The first-order valence-electron chi connectivity index (χ1n) is 10.8. The predicted octanol–water partition coefficient (Wildman–Crippen LogP) is 3.38. The van der Waals surface area contributed by atoms with Gasteiger partial charge in [-0.05, 0) is 36.6 Å². The first-order valence-corrected chi connectivity index (χ1v) is 10.8. The van der Waals surface area contributed by atoms with E-state index < -0.39 is 34.7 Å². The Kier molecular flexibility index (Phi) is 6.49. The van der Waals surface area contributed by atoms with Gasteiger partial charge in [0.05, 0.1) is 18.3 Å². The van der Waals surface area contributed by atoms with Gasteiger partial charge in [-0.1, -0.05) is 66.7 Å². The zero-order valence-electron chi connectivity index (χ0n) is 18.7. The molecule has 0 saturated carbocycles. The van der Waals surface area contributed by atoms with Crippen molar-refractivity contribution in [3.05, 3.63) is 128 Å². The van der Waals surface area contributed by atoms with Gasteiger partial charge in [-0.3, -0.25) is 14.2 Å². The number of benzene rings is 3. The van der Waals surface area contributed by atoms with Gasteiger partial charge in [-0.15, -0.1) is 0 Å². The summed E-state index contributed by atoms with van der Waals surface area (Å²) in [6.07, 6.45) is 0. The van der Waals surface area contributed by atoms with E-state index in [0.717, 1.165) is 20.9 Å². The van der Waals surface area contributed by atoms with Gasteiger partial charge < -0.3 is 5.32 Å². The second-order valence-corrected chi connectivity index (χ2v) is 7.96. The van der Waals surface area contributed by atoms with Crippen LogP contribution >= 0.6 is 0 Å². The van der Waals surface area contributed by atoms with E-state index in [-0.39, 0.29) is 12.2 Å². The minimum atomic E-state index is -0.824. The molecule has 4 aromatic rings. The monoisotopic (exact) mass is 458 g/mol. The molecule has 0 bridgehead atoms. The molecule has 1 atom stereocenters. The van der Waals surface area contributed by atoms with E-state index in [2.05, 4.69) is 10.4 Å². The number of aryl methyl sites for hydroxylation is 1. The van der Waals surface area contributed by atoms with Gasteiger partial charge in [-0.25, -0.2) is 9.18 Å². The van der Waals surface area contributed by atoms with Crippen LogP contribution in [0.3, 0.4) is 0 Å². The van der Waals surface area contributed by atoms with Crippen molar-refractivity contribution in [1.29, 1.82) is 0 Å². The van der Waals surface area contributed by atoms with E-state index in [4.69, 9.17) is 0 Å². The third-order valence-corrected chi connectivity index (χ3v) is 5.51. The molecule has 0 aliphatic rings. The quantitative estimate of drug-likeness (QED) is 0.480. The van der Waals surface area contributed by atoms with Gasteiger partial charge in [0.1, 0.15) is 5.82 Å². The number of rotatable bonds is 6. The molecule has 1 heterocycles. The minimum absolute atomic E-state index is 0.0656. The number of nitrogens with one attached hydrogen (secondary N) is 1. The lowest BCUT2D eigenvalue weighted by molar-refractivity contribution is 0.0930. The zero-order valence-corrected chi connectivity index (χ0v) is 18.7. The number of aromatic nitrogens is 3. The first-order chi connectivity index (χ1) is 16.3. The Bertz CT molecular complexity index is 1450. The topological polar surface area (TPSA) is 86.0 Å².